The van der Waals surface area contributed by atoms with Crippen LogP contribution in [-0.4, -0.2) is 35.9 Å². The van der Waals surface area contributed by atoms with Gasteiger partial charge in [-0.05, 0) is 42.4 Å². The molecule has 7 nitrogen and oxygen atoms in total. The fraction of sp³-hybridized carbons (Fsp3) is 0.227. The number of nitro groups is 1. The molecule has 0 spiro atoms. The van der Waals surface area contributed by atoms with E-state index in [1.807, 2.05) is 30.1 Å². The van der Waals surface area contributed by atoms with E-state index in [1.54, 1.807) is 6.92 Å². The summed E-state index contributed by atoms with van der Waals surface area (Å²) in [5.74, 6) is 0.0976. The number of carbonyl (C=O) groups excluding carboxylic acids is 1. The van der Waals surface area contributed by atoms with Crippen molar-refractivity contribution in [1.29, 1.82) is 0 Å². The zero-order valence-corrected chi connectivity index (χ0v) is 16.6. The summed E-state index contributed by atoms with van der Waals surface area (Å²) in [7, 11) is 3.32. The first kappa shape index (κ1) is 20.3. The van der Waals surface area contributed by atoms with Crippen molar-refractivity contribution in [2.24, 2.45) is 0 Å². The van der Waals surface area contributed by atoms with Crippen molar-refractivity contribution in [3.63, 3.8) is 0 Å². The molecule has 150 valence electrons. The van der Waals surface area contributed by atoms with E-state index in [2.05, 4.69) is 29.6 Å². The maximum Gasteiger partial charge on any atom is 0.271 e. The molecule has 0 bridgehead atoms. The molecular formula is C22H23N3O4. The first-order chi connectivity index (χ1) is 13.9. The second-order valence-electron chi connectivity index (χ2n) is 6.90. The summed E-state index contributed by atoms with van der Waals surface area (Å²) in [6, 6.07) is 18.0. The van der Waals surface area contributed by atoms with E-state index in [1.165, 1.54) is 30.7 Å². The molecule has 0 aliphatic heterocycles. The SMILES string of the molecule is COc1ccc([N+](=O)[O-])cc1NC(=O)[C@H](C)N(C)Cc1ccc2ccccc2c1. The molecule has 3 aromatic rings. The summed E-state index contributed by atoms with van der Waals surface area (Å²) >= 11 is 0. The predicted molar refractivity (Wildman–Crippen MR) is 113 cm³/mol. The van der Waals surface area contributed by atoms with Gasteiger partial charge in [0.05, 0.1) is 23.8 Å². The average Bonchev–Trinajstić information content (AvgIpc) is 2.72. The van der Waals surface area contributed by atoms with Crippen molar-refractivity contribution in [1.82, 2.24) is 4.90 Å². The number of nitrogens with zero attached hydrogens (tertiary/aromatic N) is 2. The lowest BCUT2D eigenvalue weighted by atomic mass is 10.1. The number of anilines is 1. The Morgan fingerprint density at radius 1 is 1.14 bits per heavy atom. The zero-order valence-electron chi connectivity index (χ0n) is 16.6. The number of hydrogen-bond donors (Lipinski definition) is 1. The maximum atomic E-state index is 12.7. The molecule has 3 aromatic carbocycles. The molecule has 1 amide bonds. The van der Waals surface area contributed by atoms with Gasteiger partial charge in [-0.25, -0.2) is 0 Å². The van der Waals surface area contributed by atoms with Crippen molar-refractivity contribution in [2.75, 3.05) is 19.5 Å². The molecule has 29 heavy (non-hydrogen) atoms. The minimum Gasteiger partial charge on any atom is -0.495 e. The van der Waals surface area contributed by atoms with Crippen LogP contribution in [0.4, 0.5) is 11.4 Å². The summed E-state index contributed by atoms with van der Waals surface area (Å²) in [5, 5.41) is 16.1. The fourth-order valence-corrected chi connectivity index (χ4v) is 3.11. The van der Waals surface area contributed by atoms with Crippen LogP contribution in [0.5, 0.6) is 5.75 Å². The van der Waals surface area contributed by atoms with Crippen LogP contribution in [0, 0.1) is 10.1 Å². The molecule has 0 unspecified atom stereocenters. The molecule has 0 aliphatic carbocycles. The van der Waals surface area contributed by atoms with Crippen molar-refractivity contribution in [3.05, 3.63) is 76.3 Å². The third-order valence-electron chi connectivity index (χ3n) is 4.94. The van der Waals surface area contributed by atoms with Gasteiger partial charge in [0.15, 0.2) is 0 Å². The number of amides is 1. The molecule has 1 atom stereocenters. The number of ether oxygens (including phenoxy) is 1. The van der Waals surface area contributed by atoms with E-state index < -0.39 is 11.0 Å². The van der Waals surface area contributed by atoms with Crippen LogP contribution in [0.25, 0.3) is 10.8 Å². The van der Waals surface area contributed by atoms with Gasteiger partial charge in [-0.3, -0.25) is 19.8 Å². The highest BCUT2D eigenvalue weighted by molar-refractivity contribution is 5.96. The Morgan fingerprint density at radius 2 is 1.86 bits per heavy atom. The zero-order chi connectivity index (χ0) is 21.0. The number of nitrogens with one attached hydrogen (secondary N) is 1. The molecule has 0 fully saturated rings. The number of non-ortho nitro benzene ring substituents is 1. The van der Waals surface area contributed by atoms with Gasteiger partial charge in [0.1, 0.15) is 5.75 Å². The van der Waals surface area contributed by atoms with Crippen LogP contribution in [0.1, 0.15) is 12.5 Å². The number of carbonyl (C=O) groups is 1. The Hall–Kier alpha value is -3.45. The van der Waals surface area contributed by atoms with Gasteiger partial charge >= 0.3 is 0 Å². The standard InChI is InChI=1S/C22H23N3O4/c1-15(22(26)23-20-13-19(25(27)28)10-11-21(20)29-3)24(2)14-16-8-9-17-6-4-5-7-18(17)12-16/h4-13,15H,14H2,1-3H3,(H,23,26)/t15-/m0/s1. The normalized spacial score (nSPS) is 12.0. The van der Waals surface area contributed by atoms with Crippen LogP contribution in [0.2, 0.25) is 0 Å². The number of hydrogen-bond acceptors (Lipinski definition) is 5. The number of benzene rings is 3. The molecule has 0 saturated heterocycles. The van der Waals surface area contributed by atoms with E-state index in [9.17, 15) is 14.9 Å². The number of fused-ring (bicyclic) bond motifs is 1. The average molecular weight is 393 g/mol. The van der Waals surface area contributed by atoms with E-state index in [4.69, 9.17) is 4.74 Å². The highest BCUT2D eigenvalue weighted by atomic mass is 16.6. The highest BCUT2D eigenvalue weighted by Gasteiger charge is 2.21. The number of likely N-dealkylation sites (N-methyl/N-ethyl adjacent to an activating group) is 1. The minimum absolute atomic E-state index is 0.113. The quantitative estimate of drug-likeness (QED) is 0.480. The topological polar surface area (TPSA) is 84.7 Å². The first-order valence-corrected chi connectivity index (χ1v) is 9.20. The molecule has 0 aliphatic rings. The second-order valence-corrected chi connectivity index (χ2v) is 6.90. The third-order valence-corrected chi connectivity index (χ3v) is 4.94. The van der Waals surface area contributed by atoms with Crippen molar-refractivity contribution in [2.45, 2.75) is 19.5 Å². The van der Waals surface area contributed by atoms with Crippen LogP contribution < -0.4 is 10.1 Å². The molecule has 0 saturated carbocycles. The molecule has 1 N–H and O–H groups in total. The lowest BCUT2D eigenvalue weighted by Crippen LogP contribution is -2.39. The molecular weight excluding hydrogens is 370 g/mol. The minimum atomic E-state index is -0.510. The van der Waals surface area contributed by atoms with Gasteiger partial charge < -0.3 is 10.1 Å². The van der Waals surface area contributed by atoms with Gasteiger partial charge in [0.25, 0.3) is 5.69 Å². The molecule has 7 heteroatoms. The van der Waals surface area contributed by atoms with Gasteiger partial charge in [0.2, 0.25) is 5.91 Å². The first-order valence-electron chi connectivity index (χ1n) is 9.20. The van der Waals surface area contributed by atoms with Crippen molar-refractivity contribution in [3.8, 4) is 5.75 Å². The smallest absolute Gasteiger partial charge is 0.271 e. The number of methoxy groups -OCH3 is 1. The molecule has 3 rings (SSSR count). The summed E-state index contributed by atoms with van der Waals surface area (Å²) in [5.41, 5.74) is 1.26. The Bertz CT molecular complexity index is 1050. The van der Waals surface area contributed by atoms with Gasteiger partial charge in [-0.15, -0.1) is 0 Å². The van der Waals surface area contributed by atoms with Crippen LogP contribution in [0.3, 0.4) is 0 Å². The summed E-state index contributed by atoms with van der Waals surface area (Å²) in [6.07, 6.45) is 0. The fourth-order valence-electron chi connectivity index (χ4n) is 3.11. The number of nitro benzene ring substituents is 1. The van der Waals surface area contributed by atoms with Gasteiger partial charge in [-0.1, -0.05) is 36.4 Å². The van der Waals surface area contributed by atoms with E-state index in [0.717, 1.165) is 10.9 Å². The maximum absolute atomic E-state index is 12.7. The summed E-state index contributed by atoms with van der Waals surface area (Å²) < 4.78 is 5.21. The summed E-state index contributed by atoms with van der Waals surface area (Å²) in [6.45, 7) is 2.38. The molecule has 0 radical (unpaired) electrons. The lowest BCUT2D eigenvalue weighted by molar-refractivity contribution is -0.384. The lowest BCUT2D eigenvalue weighted by Gasteiger charge is -2.24. The van der Waals surface area contributed by atoms with Crippen LogP contribution in [0.15, 0.2) is 60.7 Å². The molecule has 0 heterocycles. The largest absolute Gasteiger partial charge is 0.495 e. The Morgan fingerprint density at radius 3 is 2.55 bits per heavy atom. The van der Waals surface area contributed by atoms with Gasteiger partial charge in [-0.2, -0.15) is 0 Å². The predicted octanol–water partition coefficient (Wildman–Crippen LogP) is 4.22. The Kier molecular flexibility index (Phi) is 6.09. The van der Waals surface area contributed by atoms with Crippen molar-refractivity contribution < 1.29 is 14.5 Å². The number of rotatable bonds is 7. The summed E-state index contributed by atoms with van der Waals surface area (Å²) in [4.78, 5) is 25.2. The van der Waals surface area contributed by atoms with Crippen molar-refractivity contribution >= 4 is 28.1 Å². The van der Waals surface area contributed by atoms with E-state index >= 15 is 0 Å². The Labute approximate surface area is 169 Å². The third kappa shape index (κ3) is 4.70. The van der Waals surface area contributed by atoms with Crippen LogP contribution >= 0.6 is 0 Å². The molecule has 0 aromatic heterocycles. The second kappa shape index (κ2) is 8.70. The van der Waals surface area contributed by atoms with E-state index in [0.29, 0.717) is 12.3 Å². The van der Waals surface area contributed by atoms with E-state index in [-0.39, 0.29) is 17.3 Å². The van der Waals surface area contributed by atoms with Crippen LogP contribution in [-0.2, 0) is 11.3 Å². The van der Waals surface area contributed by atoms with Gasteiger partial charge in [0, 0.05) is 18.7 Å². The highest BCUT2D eigenvalue weighted by Crippen LogP contribution is 2.29. The monoisotopic (exact) mass is 393 g/mol. The Balaban J connectivity index is 1.72.